The Bertz CT molecular complexity index is 519. The zero-order valence-electron chi connectivity index (χ0n) is 7.92. The van der Waals surface area contributed by atoms with E-state index in [1.54, 1.807) is 6.07 Å². The molecule has 0 fully saturated rings. The third-order valence-corrected chi connectivity index (χ3v) is 2.32. The topological polar surface area (TPSA) is 37.8 Å². The van der Waals surface area contributed by atoms with Crippen LogP contribution in [0.5, 0.6) is 0 Å². The summed E-state index contributed by atoms with van der Waals surface area (Å²) < 4.78 is 26.8. The van der Waals surface area contributed by atoms with Crippen molar-refractivity contribution in [3.05, 3.63) is 46.8 Å². The molecule has 0 bridgehead atoms. The van der Waals surface area contributed by atoms with Crippen molar-refractivity contribution in [2.75, 3.05) is 5.32 Å². The Hall–Kier alpha value is -1.56. The fourth-order valence-electron chi connectivity index (χ4n) is 1.13. The Morgan fingerprint density at radius 1 is 1.12 bits per heavy atom. The summed E-state index contributed by atoms with van der Waals surface area (Å²) in [5, 5.41) is 2.66. The van der Waals surface area contributed by atoms with E-state index in [9.17, 15) is 8.78 Å². The molecule has 0 amide bonds. The van der Waals surface area contributed by atoms with E-state index < -0.39 is 11.8 Å². The fourth-order valence-corrected chi connectivity index (χ4v) is 1.49. The molecule has 0 aliphatic carbocycles. The predicted octanol–water partition coefficient (Wildman–Crippen LogP) is 3.26. The Labute approximate surface area is 98.7 Å². The van der Waals surface area contributed by atoms with Crippen molar-refractivity contribution in [3.8, 4) is 0 Å². The SMILES string of the molecule is Fc1cc(Nc2cc(Br)ccc2F)ncn1. The van der Waals surface area contributed by atoms with Crippen LogP contribution in [0.2, 0.25) is 0 Å². The molecule has 0 saturated carbocycles. The summed E-state index contributed by atoms with van der Waals surface area (Å²) in [6.45, 7) is 0. The molecule has 3 nitrogen and oxygen atoms in total. The molecule has 1 aromatic heterocycles. The normalized spacial score (nSPS) is 10.2. The maximum absolute atomic E-state index is 13.3. The van der Waals surface area contributed by atoms with E-state index in [-0.39, 0.29) is 11.5 Å². The van der Waals surface area contributed by atoms with Gasteiger partial charge in [-0.15, -0.1) is 0 Å². The molecule has 0 atom stereocenters. The first-order chi connectivity index (χ1) is 7.65. The summed E-state index contributed by atoms with van der Waals surface area (Å²) >= 11 is 3.21. The van der Waals surface area contributed by atoms with Gasteiger partial charge in [-0.1, -0.05) is 15.9 Å². The summed E-state index contributed by atoms with van der Waals surface area (Å²) in [6.07, 6.45) is 1.06. The third-order valence-electron chi connectivity index (χ3n) is 1.82. The van der Waals surface area contributed by atoms with Gasteiger partial charge in [0.25, 0.3) is 0 Å². The zero-order chi connectivity index (χ0) is 11.5. The van der Waals surface area contributed by atoms with Crippen LogP contribution in [0.4, 0.5) is 20.3 Å². The molecule has 6 heteroatoms. The van der Waals surface area contributed by atoms with Crippen LogP contribution in [0.1, 0.15) is 0 Å². The largest absolute Gasteiger partial charge is 0.338 e. The first-order valence-electron chi connectivity index (χ1n) is 4.35. The van der Waals surface area contributed by atoms with E-state index in [0.717, 1.165) is 12.4 Å². The lowest BCUT2D eigenvalue weighted by Gasteiger charge is -2.06. The number of rotatable bonds is 2. The second-order valence-electron chi connectivity index (χ2n) is 2.98. The Kier molecular flexibility index (Phi) is 3.09. The van der Waals surface area contributed by atoms with Crippen LogP contribution in [-0.4, -0.2) is 9.97 Å². The van der Waals surface area contributed by atoms with Crippen LogP contribution in [0.15, 0.2) is 35.1 Å². The lowest BCUT2D eigenvalue weighted by molar-refractivity contribution is 0.580. The predicted molar refractivity (Wildman–Crippen MR) is 59.4 cm³/mol. The monoisotopic (exact) mass is 285 g/mol. The van der Waals surface area contributed by atoms with E-state index in [1.165, 1.54) is 12.1 Å². The van der Waals surface area contributed by atoms with E-state index in [4.69, 9.17) is 0 Å². The molecule has 1 heterocycles. The average molecular weight is 286 g/mol. The van der Waals surface area contributed by atoms with Gasteiger partial charge >= 0.3 is 0 Å². The summed E-state index contributed by atoms with van der Waals surface area (Å²) in [7, 11) is 0. The van der Waals surface area contributed by atoms with Gasteiger partial charge in [0.1, 0.15) is 18.0 Å². The molecule has 2 rings (SSSR count). The summed E-state index contributed by atoms with van der Waals surface area (Å²) in [5.41, 5.74) is 0.215. The molecular weight excluding hydrogens is 280 g/mol. The van der Waals surface area contributed by atoms with Crippen LogP contribution in [0, 0.1) is 11.8 Å². The third kappa shape index (κ3) is 2.52. The van der Waals surface area contributed by atoms with Crippen molar-refractivity contribution in [1.29, 1.82) is 0 Å². The second kappa shape index (κ2) is 4.52. The molecule has 1 N–H and O–H groups in total. The lowest BCUT2D eigenvalue weighted by atomic mass is 10.3. The Balaban J connectivity index is 2.30. The quantitative estimate of drug-likeness (QED) is 0.861. The van der Waals surface area contributed by atoms with Crippen molar-refractivity contribution >= 4 is 27.4 Å². The highest BCUT2D eigenvalue weighted by atomic mass is 79.9. The minimum absolute atomic E-state index is 0.199. The lowest BCUT2D eigenvalue weighted by Crippen LogP contribution is -1.97. The highest BCUT2D eigenvalue weighted by molar-refractivity contribution is 9.10. The number of nitrogens with zero attached hydrogens (tertiary/aromatic N) is 2. The highest BCUT2D eigenvalue weighted by Crippen LogP contribution is 2.22. The van der Waals surface area contributed by atoms with Gasteiger partial charge in [-0.25, -0.2) is 14.4 Å². The van der Waals surface area contributed by atoms with Crippen LogP contribution >= 0.6 is 15.9 Å². The molecule has 1 aromatic carbocycles. The van der Waals surface area contributed by atoms with Gasteiger partial charge in [0, 0.05) is 10.5 Å². The number of hydrogen-bond acceptors (Lipinski definition) is 3. The number of halogens is 3. The second-order valence-corrected chi connectivity index (χ2v) is 3.89. The van der Waals surface area contributed by atoms with E-state index >= 15 is 0 Å². The van der Waals surface area contributed by atoms with E-state index in [1.807, 2.05) is 0 Å². The fraction of sp³-hybridized carbons (Fsp3) is 0. The minimum Gasteiger partial charge on any atom is -0.338 e. The first kappa shape index (κ1) is 10.9. The minimum atomic E-state index is -0.673. The summed E-state index contributed by atoms with van der Waals surface area (Å²) in [6, 6.07) is 5.49. The van der Waals surface area contributed by atoms with Gasteiger partial charge in [-0.3, -0.25) is 0 Å². The van der Waals surface area contributed by atoms with Crippen molar-refractivity contribution in [3.63, 3.8) is 0 Å². The molecule has 0 aliphatic heterocycles. The van der Waals surface area contributed by atoms with Crippen LogP contribution in [0.3, 0.4) is 0 Å². The first-order valence-corrected chi connectivity index (χ1v) is 5.14. The smallest absolute Gasteiger partial charge is 0.218 e. The van der Waals surface area contributed by atoms with Gasteiger partial charge in [-0.05, 0) is 18.2 Å². The standard InChI is InChI=1S/C10H6BrF2N3/c11-6-1-2-7(12)8(3-6)16-10-4-9(13)14-5-15-10/h1-5H,(H,14,15,16). The summed E-state index contributed by atoms with van der Waals surface area (Å²) in [5.74, 6) is -0.917. The van der Waals surface area contributed by atoms with Crippen molar-refractivity contribution in [1.82, 2.24) is 9.97 Å². The van der Waals surface area contributed by atoms with Gasteiger partial charge in [0.2, 0.25) is 5.95 Å². The van der Waals surface area contributed by atoms with E-state index in [0.29, 0.717) is 4.47 Å². The van der Waals surface area contributed by atoms with Gasteiger partial charge < -0.3 is 5.32 Å². The maximum Gasteiger partial charge on any atom is 0.218 e. The molecule has 16 heavy (non-hydrogen) atoms. The maximum atomic E-state index is 13.3. The van der Waals surface area contributed by atoms with Crippen molar-refractivity contribution < 1.29 is 8.78 Å². The van der Waals surface area contributed by atoms with Gasteiger partial charge in [0.05, 0.1) is 5.69 Å². The Morgan fingerprint density at radius 3 is 2.69 bits per heavy atom. The molecule has 0 radical (unpaired) electrons. The number of nitrogens with one attached hydrogen (secondary N) is 1. The number of benzene rings is 1. The van der Waals surface area contributed by atoms with E-state index in [2.05, 4.69) is 31.2 Å². The molecule has 0 aliphatic rings. The van der Waals surface area contributed by atoms with Crippen molar-refractivity contribution in [2.24, 2.45) is 0 Å². The zero-order valence-corrected chi connectivity index (χ0v) is 9.50. The summed E-state index contributed by atoms with van der Waals surface area (Å²) in [4.78, 5) is 7.06. The van der Waals surface area contributed by atoms with Crippen LogP contribution < -0.4 is 5.32 Å². The molecule has 0 unspecified atom stereocenters. The molecular formula is C10H6BrF2N3. The molecule has 0 saturated heterocycles. The van der Waals surface area contributed by atoms with Gasteiger partial charge in [-0.2, -0.15) is 4.39 Å². The highest BCUT2D eigenvalue weighted by Gasteiger charge is 2.04. The van der Waals surface area contributed by atoms with Crippen LogP contribution in [-0.2, 0) is 0 Å². The Morgan fingerprint density at radius 2 is 1.94 bits per heavy atom. The number of aromatic nitrogens is 2. The van der Waals surface area contributed by atoms with Crippen molar-refractivity contribution in [2.45, 2.75) is 0 Å². The van der Waals surface area contributed by atoms with Gasteiger partial charge in [0.15, 0.2) is 0 Å². The molecule has 82 valence electrons. The average Bonchev–Trinajstić information content (AvgIpc) is 2.24. The van der Waals surface area contributed by atoms with Crippen LogP contribution in [0.25, 0.3) is 0 Å². The molecule has 0 spiro atoms. The number of anilines is 2. The molecule has 2 aromatic rings. The number of hydrogen-bond donors (Lipinski definition) is 1.